The maximum Gasteiger partial charge on any atom is 0.417 e. The van der Waals surface area contributed by atoms with Crippen molar-refractivity contribution in [1.82, 2.24) is 14.9 Å². The van der Waals surface area contributed by atoms with E-state index in [2.05, 4.69) is 10.4 Å². The summed E-state index contributed by atoms with van der Waals surface area (Å²) in [6.07, 6.45) is -0.412. The van der Waals surface area contributed by atoms with Crippen molar-refractivity contribution in [3.8, 4) is 11.5 Å². The van der Waals surface area contributed by atoms with Crippen molar-refractivity contribution in [3.05, 3.63) is 141 Å². The van der Waals surface area contributed by atoms with E-state index in [1.54, 1.807) is 36.4 Å². The fourth-order valence-electron chi connectivity index (χ4n) is 9.59. The number of aromatic hydroxyl groups is 1. The molecular formula is C42H31Cl2F3N4O6. The number of hydrogen-bond donors (Lipinski definition) is 2. The second-order valence-corrected chi connectivity index (χ2v) is 15.8. The molecule has 2 saturated heterocycles. The number of allylic oxidation sites excluding steroid dienone is 3. The van der Waals surface area contributed by atoms with Gasteiger partial charge in [0.15, 0.2) is 5.82 Å². The third kappa shape index (κ3) is 5.81. The Morgan fingerprint density at radius 2 is 1.68 bits per heavy atom. The van der Waals surface area contributed by atoms with E-state index in [0.29, 0.717) is 45.3 Å². The SMILES string of the molecule is O=C1[C@H]2[C@H](CC=C3[C@H](C4=COc5ccc(O)cc5C4)[C@]4(c5ccc(Cl)cc5)C(=O)N(Nc5ncc(C(F)(F)F)cc5Cl)C(=O)[C@@H]4C[C@H]32)C(=O)N1Cc1ccccc1. The third-order valence-electron chi connectivity index (χ3n) is 12.0. The first kappa shape index (κ1) is 36.9. The Bertz CT molecular complexity index is 2440. The lowest BCUT2D eigenvalue weighted by atomic mass is 9.48. The number of alkyl halides is 3. The average Bonchev–Trinajstić information content (AvgIpc) is 3.55. The minimum atomic E-state index is -4.75. The van der Waals surface area contributed by atoms with Gasteiger partial charge < -0.3 is 9.84 Å². The van der Waals surface area contributed by atoms with Crippen LogP contribution in [0.25, 0.3) is 0 Å². The van der Waals surface area contributed by atoms with Crippen molar-refractivity contribution >= 4 is 52.6 Å². The summed E-state index contributed by atoms with van der Waals surface area (Å²) in [5.41, 5.74) is 2.84. The van der Waals surface area contributed by atoms with Gasteiger partial charge >= 0.3 is 6.18 Å². The molecule has 0 spiro atoms. The molecule has 10 nitrogen and oxygen atoms in total. The van der Waals surface area contributed by atoms with E-state index in [1.165, 1.54) is 17.2 Å². The van der Waals surface area contributed by atoms with Crippen LogP contribution < -0.4 is 10.2 Å². The highest BCUT2D eigenvalue weighted by molar-refractivity contribution is 6.33. The molecule has 2 aliphatic carbocycles. The summed E-state index contributed by atoms with van der Waals surface area (Å²) in [7, 11) is 0. The number of amides is 4. The number of benzene rings is 3. The van der Waals surface area contributed by atoms with E-state index < -0.39 is 63.6 Å². The van der Waals surface area contributed by atoms with Crippen LogP contribution in [0.3, 0.4) is 0 Å². The van der Waals surface area contributed by atoms with E-state index >= 15 is 4.79 Å². The van der Waals surface area contributed by atoms with Crippen LogP contribution in [0.15, 0.2) is 109 Å². The zero-order chi connectivity index (χ0) is 40.0. The fourth-order valence-corrected chi connectivity index (χ4v) is 9.92. The Labute approximate surface area is 333 Å². The molecule has 5 aliphatic rings. The first-order valence-electron chi connectivity index (χ1n) is 18.2. The number of carbonyl (C=O) groups excluding carboxylic acids is 4. The summed E-state index contributed by atoms with van der Waals surface area (Å²) in [5.74, 6) is -6.39. The summed E-state index contributed by atoms with van der Waals surface area (Å²) in [5, 5.41) is 11.1. The summed E-state index contributed by atoms with van der Waals surface area (Å²) in [4.78, 5) is 63.9. The smallest absolute Gasteiger partial charge is 0.417 e. The van der Waals surface area contributed by atoms with Crippen LogP contribution in [0.4, 0.5) is 19.0 Å². The first-order chi connectivity index (χ1) is 27.3. The molecule has 0 radical (unpaired) electrons. The van der Waals surface area contributed by atoms with Gasteiger partial charge in [-0.25, -0.2) is 4.98 Å². The topological polar surface area (TPSA) is 129 Å². The molecule has 3 aliphatic heterocycles. The molecule has 1 saturated carbocycles. The lowest BCUT2D eigenvalue weighted by molar-refractivity contribution is -0.142. The summed E-state index contributed by atoms with van der Waals surface area (Å²) >= 11 is 12.7. The predicted molar refractivity (Wildman–Crippen MR) is 200 cm³/mol. The number of nitrogens with zero attached hydrogens (tertiary/aromatic N) is 3. The van der Waals surface area contributed by atoms with Gasteiger partial charge in [-0.1, -0.05) is 77.3 Å². The summed E-state index contributed by atoms with van der Waals surface area (Å²) < 4.78 is 46.7. The minimum absolute atomic E-state index is 0.0119. The van der Waals surface area contributed by atoms with E-state index in [4.69, 9.17) is 27.9 Å². The van der Waals surface area contributed by atoms with Gasteiger partial charge in [-0.05, 0) is 71.9 Å². The van der Waals surface area contributed by atoms with Gasteiger partial charge in [0.05, 0.1) is 46.6 Å². The number of halogens is 5. The van der Waals surface area contributed by atoms with Crippen LogP contribution in [-0.4, -0.2) is 43.6 Å². The van der Waals surface area contributed by atoms with Gasteiger partial charge in [-0.2, -0.15) is 18.2 Å². The number of fused-ring (bicyclic) bond motifs is 5. The number of aromatic nitrogens is 1. The molecule has 3 fully saturated rings. The van der Waals surface area contributed by atoms with Crippen molar-refractivity contribution in [2.75, 3.05) is 5.43 Å². The van der Waals surface area contributed by atoms with Crippen molar-refractivity contribution in [2.45, 2.75) is 37.4 Å². The Balaban J connectivity index is 1.20. The van der Waals surface area contributed by atoms with Crippen molar-refractivity contribution in [1.29, 1.82) is 0 Å². The molecule has 9 rings (SSSR count). The lowest BCUT2D eigenvalue weighted by Gasteiger charge is -2.51. The minimum Gasteiger partial charge on any atom is -0.508 e. The van der Waals surface area contributed by atoms with Crippen molar-refractivity contribution in [3.63, 3.8) is 0 Å². The molecule has 4 aromatic rings. The zero-order valence-corrected chi connectivity index (χ0v) is 31.2. The Morgan fingerprint density at radius 3 is 2.40 bits per heavy atom. The van der Waals surface area contributed by atoms with Gasteiger partial charge in [-0.15, -0.1) is 0 Å². The number of rotatable bonds is 6. The second-order valence-electron chi connectivity index (χ2n) is 14.9. The van der Waals surface area contributed by atoms with Gasteiger partial charge in [-0.3, -0.25) is 29.5 Å². The molecule has 4 amide bonds. The van der Waals surface area contributed by atoms with Crippen LogP contribution in [0.1, 0.15) is 35.1 Å². The number of phenols is 1. The number of nitrogens with one attached hydrogen (secondary N) is 1. The van der Waals surface area contributed by atoms with Gasteiger partial charge in [0, 0.05) is 29.1 Å². The van der Waals surface area contributed by atoms with Gasteiger partial charge in [0.2, 0.25) is 11.8 Å². The van der Waals surface area contributed by atoms with Crippen molar-refractivity contribution < 1.29 is 42.2 Å². The predicted octanol–water partition coefficient (Wildman–Crippen LogP) is 7.65. The quantitative estimate of drug-likeness (QED) is 0.150. The normalized spacial score (nSPS) is 26.6. The van der Waals surface area contributed by atoms with Crippen molar-refractivity contribution in [2.24, 2.45) is 29.6 Å². The number of phenolic OH excluding ortho intramolecular Hbond substituents is 1. The number of carbonyl (C=O) groups is 4. The molecule has 290 valence electrons. The lowest BCUT2D eigenvalue weighted by Crippen LogP contribution is -2.55. The number of imide groups is 2. The Kier molecular flexibility index (Phi) is 8.74. The summed E-state index contributed by atoms with van der Waals surface area (Å²) in [6, 6.07) is 20.9. The third-order valence-corrected chi connectivity index (χ3v) is 12.5. The van der Waals surface area contributed by atoms with Crippen LogP contribution in [0.2, 0.25) is 10.0 Å². The standard InChI is InChI=1S/C42H31Cl2F3N4O6/c43-26-8-6-24(7-9-26)41-31(38(54)51(40(41)56)49-36-32(44)16-25(18-48-36)42(45,46)47)17-30-28(35(41)23-14-22-15-27(52)10-13-33(22)57-20-23)11-12-29-34(30)39(55)50(37(29)53)19-21-4-2-1-3-5-21/h1-11,13,15-16,18,20,29-31,34-35,52H,12,14,17,19H2,(H,48,49)/t29-,30+,31-,34-,35-,41+/m0/s1. The van der Waals surface area contributed by atoms with E-state index in [1.807, 2.05) is 36.4 Å². The highest BCUT2D eigenvalue weighted by Gasteiger charge is 2.71. The number of hydrogen-bond acceptors (Lipinski definition) is 8. The molecule has 2 N–H and O–H groups in total. The molecule has 3 aromatic carbocycles. The molecular weight excluding hydrogens is 784 g/mol. The maximum atomic E-state index is 15.4. The molecule has 6 atom stereocenters. The highest BCUT2D eigenvalue weighted by Crippen LogP contribution is 2.63. The Morgan fingerprint density at radius 1 is 0.930 bits per heavy atom. The van der Waals surface area contributed by atoms with E-state index in [-0.39, 0.29) is 49.2 Å². The monoisotopic (exact) mass is 814 g/mol. The van der Waals surface area contributed by atoms with E-state index in [0.717, 1.165) is 10.6 Å². The second kappa shape index (κ2) is 13.5. The molecule has 0 bridgehead atoms. The van der Waals surface area contributed by atoms with Crippen LogP contribution in [0, 0.1) is 29.6 Å². The Hall–Kier alpha value is -5.66. The number of hydrazine groups is 1. The molecule has 0 unspecified atom stereocenters. The van der Waals surface area contributed by atoms with E-state index in [9.17, 15) is 32.7 Å². The molecule has 1 aromatic heterocycles. The number of ether oxygens (including phenoxy) is 1. The number of anilines is 1. The number of pyridine rings is 1. The van der Waals surface area contributed by atoms with Gasteiger partial charge in [0.1, 0.15) is 11.5 Å². The fraction of sp³-hybridized carbons (Fsp3) is 0.262. The van der Waals surface area contributed by atoms with Crippen LogP contribution >= 0.6 is 23.2 Å². The molecule has 57 heavy (non-hydrogen) atoms. The highest BCUT2D eigenvalue weighted by atomic mass is 35.5. The zero-order valence-electron chi connectivity index (χ0n) is 29.7. The molecule has 4 heterocycles. The summed E-state index contributed by atoms with van der Waals surface area (Å²) in [6.45, 7) is 0.0738. The first-order valence-corrected chi connectivity index (χ1v) is 18.9. The van der Waals surface area contributed by atoms with Crippen LogP contribution in [0.5, 0.6) is 11.5 Å². The van der Waals surface area contributed by atoms with Crippen LogP contribution in [-0.2, 0) is 43.7 Å². The number of likely N-dealkylation sites (tertiary alicyclic amines) is 1. The largest absolute Gasteiger partial charge is 0.508 e. The molecule has 15 heteroatoms. The van der Waals surface area contributed by atoms with Gasteiger partial charge in [0.25, 0.3) is 11.8 Å². The average molecular weight is 816 g/mol. The maximum absolute atomic E-state index is 15.4.